The second-order valence-corrected chi connectivity index (χ2v) is 14.8. The molecular weight excluding hydrogens is 574 g/mol. The van der Waals surface area contributed by atoms with Gasteiger partial charge in [-0.1, -0.05) is 24.0 Å². The van der Waals surface area contributed by atoms with E-state index >= 15 is 0 Å². The van der Waals surface area contributed by atoms with E-state index in [1.807, 2.05) is 24.0 Å². The number of carbonyl (C=O) groups is 1. The van der Waals surface area contributed by atoms with Crippen molar-refractivity contribution in [2.45, 2.75) is 19.6 Å². The molecule has 1 amide bonds. The maximum atomic E-state index is 14.1. The topological polar surface area (TPSA) is 81.3 Å². The standard InChI is InChI=1S/C32H33F3N5O2P/c1-22-4-6-26(17-24(22)7-5-23-16-25-10-11-36-30(25)37-19-23)31(41)38-28-9-8-27(29(18-28)32(33,34)35)20-39-12-14-40(15-13-39)21-43(2,3)42/h4,6,8-11,16-19H,12-15,20-21H2,1-3H3,(H,36,37)(H,38,41). The van der Waals surface area contributed by atoms with E-state index in [0.29, 0.717) is 38.0 Å². The first-order valence-electron chi connectivity index (χ1n) is 13.9. The van der Waals surface area contributed by atoms with Gasteiger partial charge in [0, 0.05) is 72.9 Å². The molecule has 11 heteroatoms. The van der Waals surface area contributed by atoms with Crippen LogP contribution in [0.1, 0.15) is 38.2 Å². The zero-order valence-electron chi connectivity index (χ0n) is 24.3. The summed E-state index contributed by atoms with van der Waals surface area (Å²) in [6, 6.07) is 12.8. The number of amides is 1. The Morgan fingerprint density at radius 3 is 2.49 bits per heavy atom. The molecule has 1 aliphatic rings. The molecule has 0 radical (unpaired) electrons. The van der Waals surface area contributed by atoms with E-state index in [1.54, 1.807) is 43.9 Å². The van der Waals surface area contributed by atoms with E-state index in [-0.39, 0.29) is 23.4 Å². The quantitative estimate of drug-likeness (QED) is 0.200. The Morgan fingerprint density at radius 1 is 1.02 bits per heavy atom. The SMILES string of the molecule is Cc1ccc(C(=O)Nc2ccc(CN3CCN(CP(C)(C)=O)CC3)c(C(F)(F)F)c2)cc1C#Cc1cnc2[nH]ccc2c1. The summed E-state index contributed by atoms with van der Waals surface area (Å²) in [4.78, 5) is 24.5. The van der Waals surface area contributed by atoms with Crippen LogP contribution in [0.2, 0.25) is 0 Å². The molecule has 0 spiro atoms. The third-order valence-corrected chi connectivity index (χ3v) is 8.40. The van der Waals surface area contributed by atoms with Gasteiger partial charge < -0.3 is 14.9 Å². The highest BCUT2D eigenvalue weighted by Crippen LogP contribution is 2.37. The molecule has 3 heterocycles. The van der Waals surface area contributed by atoms with Crippen molar-refractivity contribution in [2.75, 3.05) is 51.1 Å². The van der Waals surface area contributed by atoms with Crippen molar-refractivity contribution in [1.82, 2.24) is 19.8 Å². The van der Waals surface area contributed by atoms with Crippen molar-refractivity contribution < 1.29 is 22.5 Å². The number of hydrogen-bond donors (Lipinski definition) is 2. The van der Waals surface area contributed by atoms with Gasteiger partial charge in [-0.3, -0.25) is 14.6 Å². The number of benzene rings is 2. The molecule has 0 atom stereocenters. The normalized spacial score (nSPS) is 14.8. The van der Waals surface area contributed by atoms with Gasteiger partial charge in [-0.25, -0.2) is 4.98 Å². The second-order valence-electron chi connectivity index (χ2n) is 11.4. The summed E-state index contributed by atoms with van der Waals surface area (Å²) in [5.41, 5.74) is 2.70. The Labute approximate surface area is 248 Å². The summed E-state index contributed by atoms with van der Waals surface area (Å²) in [6.45, 7) is 7.99. The molecule has 2 aromatic heterocycles. The smallest absolute Gasteiger partial charge is 0.346 e. The number of pyridine rings is 1. The van der Waals surface area contributed by atoms with Crippen LogP contribution in [0, 0.1) is 18.8 Å². The summed E-state index contributed by atoms with van der Waals surface area (Å²) in [7, 11) is -2.20. The first-order chi connectivity index (χ1) is 20.3. The summed E-state index contributed by atoms with van der Waals surface area (Å²) in [5, 5.41) is 3.55. The molecule has 2 aromatic carbocycles. The number of nitrogens with zero attached hydrogens (tertiary/aromatic N) is 3. The molecular formula is C32H33F3N5O2P. The van der Waals surface area contributed by atoms with Crippen LogP contribution >= 0.6 is 7.14 Å². The number of H-pyrrole nitrogens is 1. The molecule has 4 aromatic rings. The van der Waals surface area contributed by atoms with Crippen LogP contribution in [-0.2, 0) is 17.3 Å². The van der Waals surface area contributed by atoms with Gasteiger partial charge in [-0.2, -0.15) is 13.2 Å². The maximum Gasteiger partial charge on any atom is 0.416 e. The van der Waals surface area contributed by atoms with Crippen LogP contribution in [0.3, 0.4) is 0 Å². The Kier molecular flexibility index (Phi) is 8.79. The third-order valence-electron chi connectivity index (χ3n) is 7.31. The lowest BCUT2D eigenvalue weighted by molar-refractivity contribution is -0.138. The predicted octanol–water partition coefficient (Wildman–Crippen LogP) is 6.24. The molecule has 1 fully saturated rings. The maximum absolute atomic E-state index is 14.1. The highest BCUT2D eigenvalue weighted by atomic mass is 31.2. The molecule has 1 saturated heterocycles. The van der Waals surface area contributed by atoms with E-state index in [0.717, 1.165) is 28.2 Å². The van der Waals surface area contributed by atoms with Crippen LogP contribution < -0.4 is 5.32 Å². The van der Waals surface area contributed by atoms with Crippen molar-refractivity contribution in [3.05, 3.63) is 94.3 Å². The van der Waals surface area contributed by atoms with Gasteiger partial charge in [-0.15, -0.1) is 0 Å². The number of aryl methyl sites for hydroxylation is 1. The highest BCUT2D eigenvalue weighted by Gasteiger charge is 2.34. The summed E-state index contributed by atoms with van der Waals surface area (Å²) < 4.78 is 54.4. The zero-order chi connectivity index (χ0) is 30.8. The molecule has 7 nitrogen and oxygen atoms in total. The van der Waals surface area contributed by atoms with Crippen molar-refractivity contribution in [3.63, 3.8) is 0 Å². The van der Waals surface area contributed by atoms with Crippen molar-refractivity contribution in [3.8, 4) is 11.8 Å². The lowest BCUT2D eigenvalue weighted by Crippen LogP contribution is -2.46. The summed E-state index contributed by atoms with van der Waals surface area (Å²) in [6.07, 6.45) is -0.607. The average molecular weight is 608 g/mol. The van der Waals surface area contributed by atoms with Crippen LogP contribution in [0.4, 0.5) is 18.9 Å². The van der Waals surface area contributed by atoms with Crippen LogP contribution in [0.25, 0.3) is 11.0 Å². The third kappa shape index (κ3) is 7.94. The average Bonchev–Trinajstić information content (AvgIpc) is 3.41. The fourth-order valence-corrected chi connectivity index (χ4v) is 6.36. The number of alkyl halides is 3. The lowest BCUT2D eigenvalue weighted by atomic mass is 10.0. The zero-order valence-corrected chi connectivity index (χ0v) is 25.1. The second kappa shape index (κ2) is 12.4. The summed E-state index contributed by atoms with van der Waals surface area (Å²) in [5.74, 6) is 5.63. The minimum atomic E-state index is -4.58. The van der Waals surface area contributed by atoms with E-state index in [9.17, 15) is 22.5 Å². The van der Waals surface area contributed by atoms with Gasteiger partial charge in [0.2, 0.25) is 0 Å². The Morgan fingerprint density at radius 2 is 1.77 bits per heavy atom. The fourth-order valence-electron chi connectivity index (χ4n) is 5.12. The Bertz CT molecular complexity index is 1760. The molecule has 5 rings (SSSR count). The van der Waals surface area contributed by atoms with Crippen molar-refractivity contribution in [2.24, 2.45) is 0 Å². The number of rotatable bonds is 6. The van der Waals surface area contributed by atoms with Gasteiger partial charge in [0.1, 0.15) is 5.65 Å². The van der Waals surface area contributed by atoms with E-state index < -0.39 is 24.8 Å². The first-order valence-corrected chi connectivity index (χ1v) is 16.7. The first kappa shape index (κ1) is 30.6. The van der Waals surface area contributed by atoms with Gasteiger partial charge in [0.15, 0.2) is 0 Å². The molecule has 2 N–H and O–H groups in total. The monoisotopic (exact) mass is 607 g/mol. The van der Waals surface area contributed by atoms with Gasteiger partial charge in [0.25, 0.3) is 5.91 Å². The Hall–Kier alpha value is -3.90. The highest BCUT2D eigenvalue weighted by molar-refractivity contribution is 7.62. The molecule has 0 bridgehead atoms. The minimum Gasteiger partial charge on any atom is -0.346 e. The van der Waals surface area contributed by atoms with Gasteiger partial charge >= 0.3 is 6.18 Å². The largest absolute Gasteiger partial charge is 0.416 e. The van der Waals surface area contributed by atoms with Crippen LogP contribution in [0.5, 0.6) is 0 Å². The molecule has 0 unspecified atom stereocenters. The number of anilines is 1. The van der Waals surface area contributed by atoms with E-state index in [1.165, 1.54) is 12.1 Å². The molecule has 0 saturated carbocycles. The van der Waals surface area contributed by atoms with Gasteiger partial charge in [0.05, 0.1) is 19.0 Å². The molecule has 224 valence electrons. The minimum absolute atomic E-state index is 0.0617. The number of carbonyl (C=O) groups excluding carboxylic acids is 1. The number of piperazine rings is 1. The van der Waals surface area contributed by atoms with E-state index in [2.05, 4.69) is 32.0 Å². The lowest BCUT2D eigenvalue weighted by Gasteiger charge is -2.35. The number of fused-ring (bicyclic) bond motifs is 1. The molecule has 1 aliphatic heterocycles. The van der Waals surface area contributed by atoms with Crippen LogP contribution in [0.15, 0.2) is 60.9 Å². The predicted molar refractivity (Wildman–Crippen MR) is 164 cm³/mol. The number of halogens is 3. The number of aromatic amines is 1. The van der Waals surface area contributed by atoms with Gasteiger partial charge in [-0.05, 0) is 67.8 Å². The van der Waals surface area contributed by atoms with Crippen molar-refractivity contribution >= 4 is 29.8 Å². The van der Waals surface area contributed by atoms with Crippen molar-refractivity contribution in [1.29, 1.82) is 0 Å². The molecule has 43 heavy (non-hydrogen) atoms. The molecule has 0 aliphatic carbocycles. The summed E-state index contributed by atoms with van der Waals surface area (Å²) >= 11 is 0. The number of nitrogens with one attached hydrogen (secondary N) is 2. The number of hydrogen-bond acceptors (Lipinski definition) is 5. The van der Waals surface area contributed by atoms with Crippen LogP contribution in [-0.4, -0.2) is 71.5 Å². The number of aromatic nitrogens is 2. The van der Waals surface area contributed by atoms with E-state index in [4.69, 9.17) is 0 Å². The fraction of sp³-hybridized carbons (Fsp3) is 0.312. The Balaban J connectivity index is 1.29.